The SMILES string of the molecule is CCCCCCCCCCCCCC(=O)OCCCCCCCCC. The molecular weight excluding hydrogens is 308 g/mol. The fraction of sp³-hybridized carbons (Fsp3) is 0.957. The molecule has 0 unspecified atom stereocenters. The summed E-state index contributed by atoms with van der Waals surface area (Å²) in [5.74, 6) is 0.0157. The molecule has 0 bridgehead atoms. The first kappa shape index (κ1) is 24.5. The van der Waals surface area contributed by atoms with Gasteiger partial charge in [0.15, 0.2) is 0 Å². The molecule has 0 atom stereocenters. The highest BCUT2D eigenvalue weighted by atomic mass is 16.5. The third-order valence-electron chi connectivity index (χ3n) is 5.00. The minimum absolute atomic E-state index is 0.0157. The number of carbonyl (C=O) groups is 1. The molecule has 0 heterocycles. The van der Waals surface area contributed by atoms with E-state index in [1.54, 1.807) is 0 Å². The van der Waals surface area contributed by atoms with Crippen molar-refractivity contribution in [2.75, 3.05) is 6.61 Å². The molecule has 2 heteroatoms. The molecule has 0 aromatic rings. The van der Waals surface area contributed by atoms with E-state index in [9.17, 15) is 4.79 Å². The van der Waals surface area contributed by atoms with Crippen molar-refractivity contribution in [2.24, 2.45) is 0 Å². The molecule has 0 radical (unpaired) electrons. The number of rotatable bonds is 20. The second-order valence-electron chi connectivity index (χ2n) is 7.63. The predicted molar refractivity (Wildman–Crippen MR) is 110 cm³/mol. The molecule has 2 nitrogen and oxygen atoms in total. The fourth-order valence-corrected chi connectivity index (χ4v) is 3.25. The molecule has 0 aromatic heterocycles. The Bertz CT molecular complexity index is 263. The van der Waals surface area contributed by atoms with Gasteiger partial charge in [-0.3, -0.25) is 4.79 Å². The fourth-order valence-electron chi connectivity index (χ4n) is 3.25. The second kappa shape index (κ2) is 21.5. The van der Waals surface area contributed by atoms with Gasteiger partial charge in [0, 0.05) is 6.42 Å². The van der Waals surface area contributed by atoms with Crippen LogP contribution in [0.15, 0.2) is 0 Å². The molecule has 150 valence electrons. The minimum Gasteiger partial charge on any atom is -0.466 e. The van der Waals surface area contributed by atoms with Crippen LogP contribution in [0.1, 0.15) is 136 Å². The zero-order valence-electron chi connectivity index (χ0n) is 17.5. The van der Waals surface area contributed by atoms with E-state index in [-0.39, 0.29) is 5.97 Å². The van der Waals surface area contributed by atoms with Gasteiger partial charge >= 0.3 is 5.97 Å². The molecular formula is C23H46O2. The molecule has 0 saturated carbocycles. The summed E-state index contributed by atoms with van der Waals surface area (Å²) in [4.78, 5) is 11.7. The van der Waals surface area contributed by atoms with Gasteiger partial charge in [-0.1, -0.05) is 117 Å². The third kappa shape index (κ3) is 21.4. The van der Waals surface area contributed by atoms with Crippen LogP contribution in [0, 0.1) is 0 Å². The molecule has 0 N–H and O–H groups in total. The molecule has 0 rings (SSSR count). The zero-order valence-corrected chi connectivity index (χ0v) is 17.5. The standard InChI is InChI=1S/C23H46O2/c1-3-5-7-9-11-12-13-14-15-17-19-21-23(24)25-22-20-18-16-10-8-6-4-2/h3-22H2,1-2H3. The van der Waals surface area contributed by atoms with Crippen molar-refractivity contribution in [1.82, 2.24) is 0 Å². The normalized spacial score (nSPS) is 11.0. The molecule has 0 aromatic carbocycles. The van der Waals surface area contributed by atoms with Crippen molar-refractivity contribution in [2.45, 2.75) is 136 Å². The third-order valence-corrected chi connectivity index (χ3v) is 5.00. The lowest BCUT2D eigenvalue weighted by Crippen LogP contribution is -2.05. The summed E-state index contributed by atoms with van der Waals surface area (Å²) in [6, 6.07) is 0. The summed E-state index contributed by atoms with van der Waals surface area (Å²) in [6.07, 6.45) is 24.0. The first-order valence-electron chi connectivity index (χ1n) is 11.5. The van der Waals surface area contributed by atoms with E-state index in [1.165, 1.54) is 103 Å². The Balaban J connectivity index is 3.13. The minimum atomic E-state index is 0.0157. The van der Waals surface area contributed by atoms with Crippen LogP contribution >= 0.6 is 0 Å². The van der Waals surface area contributed by atoms with E-state index in [4.69, 9.17) is 4.74 Å². The number of unbranched alkanes of at least 4 members (excludes halogenated alkanes) is 16. The van der Waals surface area contributed by atoms with Crippen LogP contribution in [0.4, 0.5) is 0 Å². The van der Waals surface area contributed by atoms with Crippen LogP contribution < -0.4 is 0 Å². The number of ether oxygens (including phenoxy) is 1. The lowest BCUT2D eigenvalue weighted by atomic mass is 10.1. The lowest BCUT2D eigenvalue weighted by Gasteiger charge is -2.05. The number of carbonyl (C=O) groups excluding carboxylic acids is 1. The Labute approximate surface area is 158 Å². The summed E-state index contributed by atoms with van der Waals surface area (Å²) >= 11 is 0. The monoisotopic (exact) mass is 354 g/mol. The zero-order chi connectivity index (χ0) is 18.4. The number of hydrogen-bond donors (Lipinski definition) is 0. The van der Waals surface area contributed by atoms with E-state index in [0.717, 1.165) is 12.8 Å². The summed E-state index contributed by atoms with van der Waals surface area (Å²) < 4.78 is 5.32. The summed E-state index contributed by atoms with van der Waals surface area (Å²) in [5.41, 5.74) is 0. The van der Waals surface area contributed by atoms with Crippen molar-refractivity contribution in [3.8, 4) is 0 Å². The average molecular weight is 355 g/mol. The van der Waals surface area contributed by atoms with Crippen LogP contribution in [-0.2, 0) is 9.53 Å². The van der Waals surface area contributed by atoms with Gasteiger partial charge in [0.1, 0.15) is 0 Å². The average Bonchev–Trinajstić information content (AvgIpc) is 2.62. The van der Waals surface area contributed by atoms with Gasteiger partial charge in [-0.2, -0.15) is 0 Å². The highest BCUT2D eigenvalue weighted by molar-refractivity contribution is 5.69. The van der Waals surface area contributed by atoms with Gasteiger partial charge in [0.05, 0.1) is 6.61 Å². The van der Waals surface area contributed by atoms with Crippen molar-refractivity contribution >= 4 is 5.97 Å². The maximum absolute atomic E-state index is 11.7. The first-order chi connectivity index (χ1) is 12.3. The second-order valence-corrected chi connectivity index (χ2v) is 7.63. The molecule has 0 saturated heterocycles. The summed E-state index contributed by atoms with van der Waals surface area (Å²) in [6.45, 7) is 5.14. The Kier molecular flexibility index (Phi) is 21.1. The van der Waals surface area contributed by atoms with E-state index >= 15 is 0 Å². The molecule has 0 aliphatic rings. The van der Waals surface area contributed by atoms with Crippen LogP contribution in [-0.4, -0.2) is 12.6 Å². The van der Waals surface area contributed by atoms with Crippen LogP contribution in [0.5, 0.6) is 0 Å². The van der Waals surface area contributed by atoms with E-state index in [0.29, 0.717) is 13.0 Å². The predicted octanol–water partition coefficient (Wildman–Crippen LogP) is 7.98. The van der Waals surface area contributed by atoms with Gasteiger partial charge in [0.25, 0.3) is 0 Å². The maximum Gasteiger partial charge on any atom is 0.305 e. The van der Waals surface area contributed by atoms with Gasteiger partial charge < -0.3 is 4.74 Å². The largest absolute Gasteiger partial charge is 0.466 e. The number of esters is 1. The van der Waals surface area contributed by atoms with Crippen molar-refractivity contribution in [3.05, 3.63) is 0 Å². The highest BCUT2D eigenvalue weighted by Gasteiger charge is 2.02. The Hall–Kier alpha value is -0.530. The van der Waals surface area contributed by atoms with Crippen molar-refractivity contribution in [1.29, 1.82) is 0 Å². The van der Waals surface area contributed by atoms with Gasteiger partial charge in [-0.25, -0.2) is 0 Å². The van der Waals surface area contributed by atoms with Gasteiger partial charge in [0.2, 0.25) is 0 Å². The van der Waals surface area contributed by atoms with Crippen molar-refractivity contribution < 1.29 is 9.53 Å². The van der Waals surface area contributed by atoms with Crippen molar-refractivity contribution in [3.63, 3.8) is 0 Å². The smallest absolute Gasteiger partial charge is 0.305 e. The van der Waals surface area contributed by atoms with Crippen LogP contribution in [0.25, 0.3) is 0 Å². The molecule has 25 heavy (non-hydrogen) atoms. The van der Waals surface area contributed by atoms with Gasteiger partial charge in [-0.15, -0.1) is 0 Å². The van der Waals surface area contributed by atoms with E-state index in [1.807, 2.05) is 0 Å². The lowest BCUT2D eigenvalue weighted by molar-refractivity contribution is -0.143. The van der Waals surface area contributed by atoms with Crippen LogP contribution in [0.3, 0.4) is 0 Å². The topological polar surface area (TPSA) is 26.3 Å². The highest BCUT2D eigenvalue weighted by Crippen LogP contribution is 2.12. The Morgan fingerprint density at radius 2 is 0.880 bits per heavy atom. The van der Waals surface area contributed by atoms with E-state index < -0.39 is 0 Å². The molecule has 0 aliphatic heterocycles. The Morgan fingerprint density at radius 3 is 1.32 bits per heavy atom. The van der Waals surface area contributed by atoms with E-state index in [2.05, 4.69) is 13.8 Å². The quantitative estimate of drug-likeness (QED) is 0.164. The first-order valence-corrected chi connectivity index (χ1v) is 11.5. The van der Waals surface area contributed by atoms with Crippen LogP contribution in [0.2, 0.25) is 0 Å². The molecule has 0 amide bonds. The maximum atomic E-state index is 11.7. The summed E-state index contributed by atoms with van der Waals surface area (Å²) in [5, 5.41) is 0. The molecule has 0 aliphatic carbocycles. The van der Waals surface area contributed by atoms with Gasteiger partial charge in [-0.05, 0) is 12.8 Å². The molecule has 0 fully saturated rings. The Morgan fingerprint density at radius 1 is 0.520 bits per heavy atom. The number of hydrogen-bond acceptors (Lipinski definition) is 2. The summed E-state index contributed by atoms with van der Waals surface area (Å²) in [7, 11) is 0. The molecule has 0 spiro atoms.